The Morgan fingerprint density at radius 1 is 0.641 bits per heavy atom. The minimum absolute atomic E-state index is 0.0169. The third kappa shape index (κ3) is 18.3. The van der Waals surface area contributed by atoms with E-state index in [1.54, 1.807) is 43.5 Å². The Morgan fingerprint density at radius 3 is 1.74 bits per heavy atom. The van der Waals surface area contributed by atoms with E-state index in [0.717, 1.165) is 0 Å². The molecule has 0 radical (unpaired) electrons. The van der Waals surface area contributed by atoms with Crippen LogP contribution >= 0.6 is 0 Å². The van der Waals surface area contributed by atoms with Crippen molar-refractivity contribution in [1.29, 1.82) is 0 Å². The van der Waals surface area contributed by atoms with E-state index in [9.17, 15) is 53.3 Å². The number of benzene rings is 2. The van der Waals surface area contributed by atoms with Crippen molar-refractivity contribution < 1.29 is 101 Å². The maximum absolute atomic E-state index is 12.4. The van der Waals surface area contributed by atoms with Gasteiger partial charge in [-0.15, -0.1) is 5.06 Å². The van der Waals surface area contributed by atoms with E-state index in [1.165, 1.54) is 31.4 Å². The van der Waals surface area contributed by atoms with Gasteiger partial charge in [-0.3, -0.25) is 23.2 Å². The van der Waals surface area contributed by atoms with Crippen LogP contribution in [0.2, 0.25) is 0 Å². The highest BCUT2D eigenvalue weighted by atomic mass is 32.2. The van der Waals surface area contributed by atoms with Crippen LogP contribution in [-0.2, 0) is 98.3 Å². The number of nitrogens with zero attached hydrogens (tertiary/aromatic N) is 3. The predicted molar refractivity (Wildman–Crippen MR) is 281 cm³/mol. The Kier molecular flexibility index (Phi) is 24.7. The lowest BCUT2D eigenvalue weighted by Gasteiger charge is -2.30. The Balaban J connectivity index is 1.36. The van der Waals surface area contributed by atoms with Gasteiger partial charge in [-0.2, -0.15) is 29.8 Å². The van der Waals surface area contributed by atoms with Crippen molar-refractivity contribution in [2.45, 2.75) is 73.0 Å². The fourth-order valence-electron chi connectivity index (χ4n) is 9.16. The van der Waals surface area contributed by atoms with Gasteiger partial charge in [-0.1, -0.05) is 18.2 Å². The summed E-state index contributed by atoms with van der Waals surface area (Å²) in [7, 11) is -10.5. The minimum Gasteiger partial charge on any atom is -0.385 e. The Hall–Kier alpha value is -4.85. The van der Waals surface area contributed by atoms with Gasteiger partial charge in [0, 0.05) is 74.7 Å². The maximum Gasteiger partial charge on any atom is 0.335 e. The molecule has 0 aliphatic carbocycles. The zero-order chi connectivity index (χ0) is 57.0. The lowest BCUT2D eigenvalue weighted by molar-refractivity contribution is -0.442. The molecular weight excluding hydrogens is 1090 g/mol. The van der Waals surface area contributed by atoms with Crippen LogP contribution in [0, 0.1) is 0 Å². The van der Waals surface area contributed by atoms with Gasteiger partial charge in [0.25, 0.3) is 42.2 Å². The van der Waals surface area contributed by atoms with Gasteiger partial charge in [-0.05, 0) is 75.1 Å². The van der Waals surface area contributed by atoms with Gasteiger partial charge in [0.2, 0.25) is 5.69 Å². The van der Waals surface area contributed by atoms with Gasteiger partial charge < -0.3 is 47.6 Å². The fraction of sp³-hybridized carbons (Fsp3) is 0.569. The second-order valence-corrected chi connectivity index (χ2v) is 23.0. The first kappa shape index (κ1) is 64.0. The van der Waals surface area contributed by atoms with E-state index in [4.69, 9.17) is 42.7 Å². The van der Waals surface area contributed by atoms with Crippen LogP contribution in [0.15, 0.2) is 82.3 Å². The van der Waals surface area contributed by atoms with Crippen molar-refractivity contribution in [3.63, 3.8) is 0 Å². The Labute approximate surface area is 456 Å². The number of hydrogen-bond donors (Lipinski definition) is 3. The number of imide groups is 1. The SMILES string of the molecule is COCCOCCOCCOCCOCCOCC[N+]1=C(/C=C/C=C/C=C2/N(CCOCCC(=O)ON3C(=O)CCC3=O)c3ccc(S(=O)(=O)O)cc3C2(C)CCOC)C(C)(CCCS(=O)(=O)O)c2cc(S(=O)(=O)O)ccc21. The van der Waals surface area contributed by atoms with Crippen molar-refractivity contribution >= 4 is 65.2 Å². The summed E-state index contributed by atoms with van der Waals surface area (Å²) in [4.78, 5) is 42.4. The molecule has 2 unspecified atom stereocenters. The van der Waals surface area contributed by atoms with Crippen molar-refractivity contribution in [2.24, 2.45) is 0 Å². The zero-order valence-corrected chi connectivity index (χ0v) is 46.8. The number of ether oxygens (including phenoxy) is 8. The van der Waals surface area contributed by atoms with Crippen LogP contribution in [0.3, 0.4) is 0 Å². The second-order valence-electron chi connectivity index (χ2n) is 18.6. The molecule has 78 heavy (non-hydrogen) atoms. The normalized spacial score (nSPS) is 19.4. The van der Waals surface area contributed by atoms with E-state index in [0.29, 0.717) is 98.2 Å². The highest BCUT2D eigenvalue weighted by molar-refractivity contribution is 7.86. The second kappa shape index (κ2) is 30.1. The third-order valence-corrected chi connectivity index (χ3v) is 15.6. The predicted octanol–water partition coefficient (Wildman–Crippen LogP) is 3.76. The van der Waals surface area contributed by atoms with E-state index in [2.05, 4.69) is 0 Å². The molecule has 0 spiro atoms. The van der Waals surface area contributed by atoms with Crippen LogP contribution in [-0.4, -0.2) is 198 Å². The van der Waals surface area contributed by atoms with E-state index < -0.39 is 64.7 Å². The molecule has 5 rings (SSSR count). The number of rotatable bonds is 37. The number of hydroxylamine groups is 2. The summed E-state index contributed by atoms with van der Waals surface area (Å²) in [5, 5.41) is 0.458. The van der Waals surface area contributed by atoms with Gasteiger partial charge in [-0.25, -0.2) is 4.79 Å². The summed E-state index contributed by atoms with van der Waals surface area (Å²) in [5.41, 5.74) is 1.59. The quantitative estimate of drug-likeness (QED) is 0.0285. The number of anilines is 1. The molecule has 2 aromatic rings. The molecular formula is C51H72N3O21S3+. The molecule has 3 N–H and O–H groups in total. The van der Waals surface area contributed by atoms with Crippen LogP contribution < -0.4 is 4.90 Å². The molecule has 2 amide bonds. The molecule has 0 bridgehead atoms. The number of carbonyl (C=O) groups is 3. The average Bonchev–Trinajstić information content (AvgIpc) is 4.06. The molecule has 2 atom stereocenters. The number of allylic oxidation sites excluding steroid dienone is 6. The van der Waals surface area contributed by atoms with Crippen molar-refractivity contribution in [3.8, 4) is 0 Å². The summed E-state index contributed by atoms with van der Waals surface area (Å²) >= 11 is 0. The first-order valence-corrected chi connectivity index (χ1v) is 29.7. The Morgan fingerprint density at radius 2 is 1.18 bits per heavy atom. The number of amides is 2. The molecule has 0 saturated carbocycles. The van der Waals surface area contributed by atoms with Crippen LogP contribution in [0.1, 0.15) is 63.5 Å². The molecule has 0 aromatic heterocycles. The minimum atomic E-state index is -4.66. The van der Waals surface area contributed by atoms with Crippen LogP contribution in [0.4, 0.5) is 11.4 Å². The molecule has 2 aromatic carbocycles. The zero-order valence-electron chi connectivity index (χ0n) is 44.4. The number of fused-ring (bicyclic) bond motifs is 2. The lowest BCUT2D eigenvalue weighted by atomic mass is 9.76. The van der Waals surface area contributed by atoms with Gasteiger partial charge in [0.05, 0.1) is 107 Å². The molecule has 434 valence electrons. The number of carbonyl (C=O) groups excluding carboxylic acids is 3. The monoisotopic (exact) mass is 1160 g/mol. The van der Waals surface area contributed by atoms with E-state index in [1.807, 2.05) is 29.4 Å². The molecule has 3 heterocycles. The van der Waals surface area contributed by atoms with Crippen LogP contribution in [0.25, 0.3) is 0 Å². The Bertz CT molecular complexity index is 2840. The standard InChI is InChI=1S/C51H71N3O21S3/c1-50(18-8-36-76(58,59)60)41-37-39(77(61,62)63)11-13-43(41)52(21-25-70-28-29-72-32-33-74-35-34-73-31-30-71-27-26-68-4)45(50)9-6-5-7-10-46-51(2,19-23-67-3)42-38-40(78(64,65)66)12-14-44(42)53(46)20-24-69-22-17-49(57)75-54-47(55)15-16-48(54)56/h5-7,9-14,37-38H,8,15-36H2,1-4H3,(H2-,58,59,60,61,62,63,64,65,66)/p+1. The molecule has 24 nitrogen and oxygen atoms in total. The summed E-state index contributed by atoms with van der Waals surface area (Å²) in [5.74, 6) is -2.62. The van der Waals surface area contributed by atoms with Crippen LogP contribution in [0.5, 0.6) is 0 Å². The highest BCUT2D eigenvalue weighted by Gasteiger charge is 2.48. The van der Waals surface area contributed by atoms with E-state index >= 15 is 0 Å². The topological polar surface area (TPSA) is 307 Å². The number of methoxy groups -OCH3 is 2. The molecule has 27 heteroatoms. The van der Waals surface area contributed by atoms with Gasteiger partial charge >= 0.3 is 5.97 Å². The van der Waals surface area contributed by atoms with E-state index in [-0.39, 0.29) is 94.6 Å². The maximum atomic E-state index is 12.4. The fourth-order valence-corrected chi connectivity index (χ4v) is 10.7. The highest BCUT2D eigenvalue weighted by Crippen LogP contribution is 2.51. The largest absolute Gasteiger partial charge is 0.385 e. The third-order valence-electron chi connectivity index (χ3n) is 13.1. The van der Waals surface area contributed by atoms with Gasteiger partial charge in [0.15, 0.2) is 12.3 Å². The summed E-state index contributed by atoms with van der Waals surface area (Å²) in [6.07, 6.45) is 8.94. The lowest BCUT2D eigenvalue weighted by Crippen LogP contribution is -2.33. The first-order chi connectivity index (χ1) is 37.0. The smallest absolute Gasteiger partial charge is 0.335 e. The van der Waals surface area contributed by atoms with Crippen molar-refractivity contribution in [2.75, 3.05) is 130 Å². The summed E-state index contributed by atoms with van der Waals surface area (Å²) in [6.45, 7) is 8.40. The van der Waals surface area contributed by atoms with Gasteiger partial charge in [0.1, 0.15) is 6.61 Å². The average molecular weight is 1160 g/mol. The molecule has 3 aliphatic rings. The molecule has 1 saturated heterocycles. The number of hydrogen-bond acceptors (Lipinski definition) is 19. The molecule has 3 aliphatic heterocycles. The first-order valence-electron chi connectivity index (χ1n) is 25.2. The van der Waals surface area contributed by atoms with Crippen molar-refractivity contribution in [1.82, 2.24) is 5.06 Å². The molecule has 1 fully saturated rings. The summed E-state index contributed by atoms with van der Waals surface area (Å²) in [6, 6.07) is 8.44. The van der Waals surface area contributed by atoms with Crippen molar-refractivity contribution in [3.05, 3.63) is 83.6 Å². The summed E-state index contributed by atoms with van der Waals surface area (Å²) < 4.78 is 149.